The number of rotatable bonds is 5. The number of nitrogens with zero attached hydrogens (tertiary/aromatic N) is 4. The average Bonchev–Trinajstić information content (AvgIpc) is 3.13. The summed E-state index contributed by atoms with van der Waals surface area (Å²) in [4.78, 5) is 17.2. The molecular weight excluding hydrogens is 382 g/mol. The fourth-order valence-corrected chi connectivity index (χ4v) is 4.20. The SMILES string of the molecule is N#CC1(NC(=O)c2cc(Cc3ccc(-n4cccn4)cc3)c3sccc3n2)CC1. The highest BCUT2D eigenvalue weighted by Crippen LogP contribution is 2.35. The van der Waals surface area contributed by atoms with E-state index in [1.807, 2.05) is 46.6 Å². The van der Waals surface area contributed by atoms with E-state index in [0.29, 0.717) is 25.0 Å². The molecule has 0 atom stereocenters. The summed E-state index contributed by atoms with van der Waals surface area (Å²) in [5.41, 5.74) is 3.67. The second-order valence-electron chi connectivity index (χ2n) is 7.24. The van der Waals surface area contributed by atoms with Crippen LogP contribution in [0, 0.1) is 11.3 Å². The third-order valence-electron chi connectivity index (χ3n) is 5.14. The van der Waals surface area contributed by atoms with Crippen molar-refractivity contribution in [3.8, 4) is 11.8 Å². The molecule has 1 fully saturated rings. The van der Waals surface area contributed by atoms with Gasteiger partial charge in [0.1, 0.15) is 11.2 Å². The Hall–Kier alpha value is -3.50. The maximum atomic E-state index is 12.7. The Morgan fingerprint density at radius 1 is 1.28 bits per heavy atom. The van der Waals surface area contributed by atoms with Gasteiger partial charge in [0.15, 0.2) is 0 Å². The Balaban J connectivity index is 1.44. The molecule has 142 valence electrons. The van der Waals surface area contributed by atoms with Crippen molar-refractivity contribution in [3.63, 3.8) is 0 Å². The first-order valence-corrected chi connectivity index (χ1v) is 10.2. The van der Waals surface area contributed by atoms with E-state index in [0.717, 1.165) is 27.0 Å². The molecule has 0 radical (unpaired) electrons. The van der Waals surface area contributed by atoms with Gasteiger partial charge in [-0.05, 0) is 66.1 Å². The largest absolute Gasteiger partial charge is 0.332 e. The molecule has 7 heteroatoms. The third-order valence-corrected chi connectivity index (χ3v) is 6.12. The molecular formula is C22H17N5OS. The maximum absolute atomic E-state index is 12.7. The molecule has 29 heavy (non-hydrogen) atoms. The van der Waals surface area contributed by atoms with Gasteiger partial charge in [0.2, 0.25) is 0 Å². The van der Waals surface area contributed by atoms with Crippen molar-refractivity contribution in [2.24, 2.45) is 0 Å². The molecule has 1 aliphatic rings. The van der Waals surface area contributed by atoms with Crippen molar-refractivity contribution >= 4 is 27.5 Å². The van der Waals surface area contributed by atoms with Crippen LogP contribution < -0.4 is 5.32 Å². The topological polar surface area (TPSA) is 83.6 Å². The van der Waals surface area contributed by atoms with Crippen LogP contribution in [0.5, 0.6) is 0 Å². The summed E-state index contributed by atoms with van der Waals surface area (Å²) in [7, 11) is 0. The molecule has 1 aliphatic carbocycles. The van der Waals surface area contributed by atoms with Gasteiger partial charge in [-0.2, -0.15) is 10.4 Å². The number of aromatic nitrogens is 3. The fourth-order valence-electron chi connectivity index (χ4n) is 3.35. The highest BCUT2D eigenvalue weighted by atomic mass is 32.1. The van der Waals surface area contributed by atoms with Crippen LogP contribution in [0.4, 0.5) is 0 Å². The minimum Gasteiger partial charge on any atom is -0.332 e. The number of fused-ring (bicyclic) bond motifs is 1. The van der Waals surface area contributed by atoms with Crippen molar-refractivity contribution in [2.45, 2.75) is 24.8 Å². The summed E-state index contributed by atoms with van der Waals surface area (Å²) in [5, 5.41) is 18.3. The molecule has 5 rings (SSSR count). The maximum Gasteiger partial charge on any atom is 0.271 e. The average molecular weight is 399 g/mol. The molecule has 0 unspecified atom stereocenters. The van der Waals surface area contributed by atoms with Gasteiger partial charge in [-0.1, -0.05) is 12.1 Å². The summed E-state index contributed by atoms with van der Waals surface area (Å²) in [6.07, 6.45) is 5.76. The molecule has 0 saturated heterocycles. The second-order valence-corrected chi connectivity index (χ2v) is 8.16. The van der Waals surface area contributed by atoms with E-state index < -0.39 is 5.54 Å². The van der Waals surface area contributed by atoms with Crippen LogP contribution in [0.3, 0.4) is 0 Å². The van der Waals surface area contributed by atoms with Crippen LogP contribution in [-0.4, -0.2) is 26.2 Å². The van der Waals surface area contributed by atoms with Crippen LogP contribution >= 0.6 is 11.3 Å². The summed E-state index contributed by atoms with van der Waals surface area (Å²) >= 11 is 1.62. The Morgan fingerprint density at radius 3 is 2.79 bits per heavy atom. The van der Waals surface area contributed by atoms with Crippen molar-refractivity contribution < 1.29 is 4.79 Å². The van der Waals surface area contributed by atoms with E-state index in [-0.39, 0.29) is 5.91 Å². The van der Waals surface area contributed by atoms with Crippen LogP contribution in [0.1, 0.15) is 34.5 Å². The van der Waals surface area contributed by atoms with Gasteiger partial charge in [0, 0.05) is 12.4 Å². The zero-order chi connectivity index (χ0) is 19.8. The number of nitriles is 1. The van der Waals surface area contributed by atoms with E-state index in [2.05, 4.69) is 33.6 Å². The zero-order valence-electron chi connectivity index (χ0n) is 15.5. The van der Waals surface area contributed by atoms with Gasteiger partial charge >= 0.3 is 0 Å². The summed E-state index contributed by atoms with van der Waals surface area (Å²) in [6.45, 7) is 0. The molecule has 6 nitrogen and oxygen atoms in total. The number of benzene rings is 1. The Labute approximate surface area is 171 Å². The number of carbonyl (C=O) groups excluding carboxylic acids is 1. The minimum absolute atomic E-state index is 0.285. The molecule has 0 spiro atoms. The van der Waals surface area contributed by atoms with Crippen molar-refractivity contribution in [1.82, 2.24) is 20.1 Å². The first-order chi connectivity index (χ1) is 14.2. The minimum atomic E-state index is -0.704. The monoisotopic (exact) mass is 399 g/mol. The van der Waals surface area contributed by atoms with Crippen LogP contribution in [0.25, 0.3) is 15.9 Å². The lowest BCUT2D eigenvalue weighted by atomic mass is 10.0. The first-order valence-electron chi connectivity index (χ1n) is 9.36. The smallest absolute Gasteiger partial charge is 0.271 e. The lowest BCUT2D eigenvalue weighted by Crippen LogP contribution is -2.36. The first kappa shape index (κ1) is 17.6. The summed E-state index contributed by atoms with van der Waals surface area (Å²) in [6, 6.07) is 16.1. The predicted molar refractivity (Wildman–Crippen MR) is 111 cm³/mol. The number of thiophene rings is 1. The highest BCUT2D eigenvalue weighted by molar-refractivity contribution is 7.17. The number of hydrogen-bond acceptors (Lipinski definition) is 5. The fraction of sp³-hybridized carbons (Fsp3) is 0.182. The molecule has 1 amide bonds. The Morgan fingerprint density at radius 2 is 2.10 bits per heavy atom. The van der Waals surface area contributed by atoms with Crippen molar-refractivity contribution in [1.29, 1.82) is 5.26 Å². The number of hydrogen-bond donors (Lipinski definition) is 1. The molecule has 0 aliphatic heterocycles. The normalized spacial score (nSPS) is 14.4. The van der Waals surface area contributed by atoms with Crippen molar-refractivity contribution in [2.75, 3.05) is 0 Å². The van der Waals surface area contributed by atoms with Crippen molar-refractivity contribution in [3.05, 3.63) is 77.1 Å². The van der Waals surface area contributed by atoms with Gasteiger partial charge in [0.25, 0.3) is 5.91 Å². The number of nitrogens with one attached hydrogen (secondary N) is 1. The third kappa shape index (κ3) is 3.39. The van der Waals surface area contributed by atoms with Gasteiger partial charge in [0.05, 0.1) is 22.0 Å². The predicted octanol–water partition coefficient (Wildman–Crippen LogP) is 3.86. The van der Waals surface area contributed by atoms with E-state index in [4.69, 9.17) is 0 Å². The number of pyridine rings is 1. The van der Waals surface area contributed by atoms with Gasteiger partial charge in [-0.3, -0.25) is 4.79 Å². The second kappa shape index (κ2) is 6.83. The number of amides is 1. The Kier molecular flexibility index (Phi) is 4.14. The number of carbonyl (C=O) groups is 1. The summed E-state index contributed by atoms with van der Waals surface area (Å²) < 4.78 is 2.90. The van der Waals surface area contributed by atoms with E-state index in [1.54, 1.807) is 17.5 Å². The van der Waals surface area contributed by atoms with Gasteiger partial charge in [-0.15, -0.1) is 11.3 Å². The molecule has 3 heterocycles. The molecule has 1 aromatic carbocycles. The molecule has 3 aromatic heterocycles. The molecule has 1 saturated carbocycles. The van der Waals surface area contributed by atoms with E-state index in [9.17, 15) is 10.1 Å². The molecule has 1 N–H and O–H groups in total. The molecule has 0 bridgehead atoms. The molecule has 4 aromatic rings. The van der Waals surface area contributed by atoms with Crippen LogP contribution in [0.15, 0.2) is 60.2 Å². The zero-order valence-corrected chi connectivity index (χ0v) is 16.3. The quantitative estimate of drug-likeness (QED) is 0.552. The van der Waals surface area contributed by atoms with Crippen LogP contribution in [0.2, 0.25) is 0 Å². The standard InChI is InChI=1S/C22H17N5OS/c23-14-22(7-8-22)26-21(28)19-13-16(20-18(25-19)6-11-29-20)12-15-2-4-17(5-3-15)27-10-1-9-24-27/h1-6,9-11,13H,7-8,12H2,(H,26,28). The lowest BCUT2D eigenvalue weighted by molar-refractivity contribution is 0.0937. The van der Waals surface area contributed by atoms with Crippen LogP contribution in [-0.2, 0) is 6.42 Å². The summed E-state index contributed by atoms with van der Waals surface area (Å²) in [5.74, 6) is -0.285. The van der Waals surface area contributed by atoms with E-state index >= 15 is 0 Å². The Bertz CT molecular complexity index is 1230. The van der Waals surface area contributed by atoms with Gasteiger partial charge in [-0.25, -0.2) is 9.67 Å². The highest BCUT2D eigenvalue weighted by Gasteiger charge is 2.45. The van der Waals surface area contributed by atoms with Gasteiger partial charge < -0.3 is 5.32 Å². The van der Waals surface area contributed by atoms with E-state index in [1.165, 1.54) is 0 Å². The lowest BCUT2D eigenvalue weighted by Gasteiger charge is -2.11.